The van der Waals surface area contributed by atoms with Gasteiger partial charge in [0.25, 0.3) is 5.56 Å². The average molecular weight is 468 g/mol. The van der Waals surface area contributed by atoms with E-state index in [0.717, 1.165) is 17.7 Å². The van der Waals surface area contributed by atoms with Gasteiger partial charge in [0.2, 0.25) is 0 Å². The second-order valence-corrected chi connectivity index (χ2v) is 7.93. The molecule has 0 aliphatic carbocycles. The first kappa shape index (κ1) is 23.2. The molecule has 0 atom stereocenters. The molecule has 6 nitrogen and oxygen atoms in total. The number of halogens is 3. The first-order chi connectivity index (χ1) is 16.2. The van der Waals surface area contributed by atoms with Crippen molar-refractivity contribution in [3.63, 3.8) is 0 Å². The minimum absolute atomic E-state index is 0.0892. The van der Waals surface area contributed by atoms with Crippen LogP contribution in [0.3, 0.4) is 0 Å². The maximum atomic E-state index is 13.1. The van der Waals surface area contributed by atoms with Gasteiger partial charge in [0, 0.05) is 19.3 Å². The van der Waals surface area contributed by atoms with Gasteiger partial charge < -0.3 is 10.6 Å². The van der Waals surface area contributed by atoms with Gasteiger partial charge in [-0.05, 0) is 47.9 Å². The summed E-state index contributed by atoms with van der Waals surface area (Å²) in [4.78, 5) is 25.0. The van der Waals surface area contributed by atoms with Crippen molar-refractivity contribution < 1.29 is 18.0 Å². The number of hydrogen-bond acceptors (Lipinski definition) is 2. The Morgan fingerprint density at radius 1 is 0.941 bits per heavy atom. The molecule has 2 N–H and O–H groups in total. The zero-order chi connectivity index (χ0) is 24.3. The molecule has 0 radical (unpaired) electrons. The molecule has 3 aromatic carbocycles. The molecule has 0 fully saturated rings. The molecule has 176 valence electrons. The fourth-order valence-corrected chi connectivity index (χ4v) is 3.81. The summed E-state index contributed by atoms with van der Waals surface area (Å²) in [6.07, 6.45) is -3.75. The van der Waals surface area contributed by atoms with Gasteiger partial charge in [-0.3, -0.25) is 14.2 Å². The first-order valence-electron chi connectivity index (χ1n) is 10.7. The van der Waals surface area contributed by atoms with E-state index in [9.17, 15) is 22.8 Å². The van der Waals surface area contributed by atoms with Gasteiger partial charge in [-0.15, -0.1) is 0 Å². The van der Waals surface area contributed by atoms with Crippen molar-refractivity contribution in [3.8, 4) is 0 Å². The third kappa shape index (κ3) is 5.14. The van der Waals surface area contributed by atoms with E-state index in [-0.39, 0.29) is 12.1 Å². The third-order valence-electron chi connectivity index (χ3n) is 5.55. The minimum Gasteiger partial charge on any atom is -0.338 e. The number of alkyl halides is 3. The lowest BCUT2D eigenvalue weighted by Gasteiger charge is -2.12. The summed E-state index contributed by atoms with van der Waals surface area (Å²) in [5.41, 5.74) is 1.47. The van der Waals surface area contributed by atoms with E-state index in [1.807, 2.05) is 30.3 Å². The molecule has 2 amide bonds. The Morgan fingerprint density at radius 3 is 2.41 bits per heavy atom. The molecule has 0 saturated carbocycles. The molecule has 0 aliphatic rings. The summed E-state index contributed by atoms with van der Waals surface area (Å²) in [6.45, 7) is 0.541. The number of anilines is 1. The summed E-state index contributed by atoms with van der Waals surface area (Å²) in [6, 6.07) is 19.3. The van der Waals surface area contributed by atoms with Crippen LogP contribution in [0, 0.1) is 0 Å². The monoisotopic (exact) mass is 468 g/mol. The molecule has 0 saturated heterocycles. The number of carbonyl (C=O) groups is 1. The summed E-state index contributed by atoms with van der Waals surface area (Å²) < 4.78 is 42.1. The van der Waals surface area contributed by atoms with Crippen molar-refractivity contribution >= 4 is 22.6 Å². The summed E-state index contributed by atoms with van der Waals surface area (Å²) in [5, 5.41) is 5.85. The van der Waals surface area contributed by atoms with Crippen LogP contribution < -0.4 is 16.2 Å². The lowest BCUT2D eigenvalue weighted by molar-refractivity contribution is -0.137. The molecule has 1 heterocycles. The van der Waals surface area contributed by atoms with E-state index in [2.05, 4.69) is 10.6 Å². The number of urea groups is 1. The van der Waals surface area contributed by atoms with Crippen molar-refractivity contribution in [2.45, 2.75) is 19.1 Å². The van der Waals surface area contributed by atoms with Crippen LogP contribution in [0.1, 0.15) is 16.7 Å². The first-order valence-corrected chi connectivity index (χ1v) is 10.7. The van der Waals surface area contributed by atoms with Gasteiger partial charge in [0.05, 0.1) is 23.0 Å². The highest BCUT2D eigenvalue weighted by Gasteiger charge is 2.30. The van der Waals surface area contributed by atoms with Crippen LogP contribution in [0.4, 0.5) is 23.7 Å². The Hall–Kier alpha value is -4.01. The van der Waals surface area contributed by atoms with E-state index >= 15 is 0 Å². The molecule has 4 aromatic rings. The smallest absolute Gasteiger partial charge is 0.338 e. The normalized spacial score (nSPS) is 11.5. The summed E-state index contributed by atoms with van der Waals surface area (Å²) in [5.74, 6) is 0. The number of nitrogens with one attached hydrogen (secondary N) is 2. The molecule has 34 heavy (non-hydrogen) atoms. The van der Waals surface area contributed by atoms with Gasteiger partial charge in [-0.1, -0.05) is 42.5 Å². The quantitative estimate of drug-likeness (QED) is 0.428. The van der Waals surface area contributed by atoms with Crippen LogP contribution in [0.15, 0.2) is 77.6 Å². The van der Waals surface area contributed by atoms with Crippen LogP contribution in [-0.4, -0.2) is 21.9 Å². The third-order valence-corrected chi connectivity index (χ3v) is 5.55. The highest BCUT2D eigenvalue weighted by atomic mass is 19.4. The predicted octanol–water partition coefficient (Wildman–Crippen LogP) is 4.77. The standard InChI is InChI=1S/C25H23F3N4O2/c1-31-23(33)21-15-20(30-24(34)29-13-12-17-6-3-2-4-7-17)10-11-22(21)32(31)16-18-8-5-9-19(14-18)25(26,27)28/h2-11,14-15H,12-13,16H2,1H3,(H2,29,30,34). The summed E-state index contributed by atoms with van der Waals surface area (Å²) in [7, 11) is 1.55. The molecule has 0 aliphatic heterocycles. The van der Waals surface area contributed by atoms with Crippen LogP contribution in [0.2, 0.25) is 0 Å². The Bertz CT molecular complexity index is 1370. The maximum Gasteiger partial charge on any atom is 0.416 e. The molecule has 0 unspecified atom stereocenters. The van der Waals surface area contributed by atoms with Crippen LogP contribution in [-0.2, 0) is 26.2 Å². The van der Waals surface area contributed by atoms with E-state index in [4.69, 9.17) is 0 Å². The van der Waals surface area contributed by atoms with Crippen molar-refractivity contribution in [2.75, 3.05) is 11.9 Å². The lowest BCUT2D eigenvalue weighted by Crippen LogP contribution is -2.30. The van der Waals surface area contributed by atoms with E-state index in [0.29, 0.717) is 35.1 Å². The Morgan fingerprint density at radius 2 is 1.68 bits per heavy atom. The molecule has 9 heteroatoms. The van der Waals surface area contributed by atoms with Gasteiger partial charge in [0.1, 0.15) is 0 Å². The number of rotatable bonds is 6. The zero-order valence-electron chi connectivity index (χ0n) is 18.4. The van der Waals surface area contributed by atoms with E-state index in [1.165, 1.54) is 10.7 Å². The number of aromatic nitrogens is 2. The van der Waals surface area contributed by atoms with Crippen molar-refractivity contribution in [1.29, 1.82) is 0 Å². The number of amides is 2. The largest absolute Gasteiger partial charge is 0.416 e. The van der Waals surface area contributed by atoms with Crippen LogP contribution in [0.25, 0.3) is 10.9 Å². The Labute approximate surface area is 193 Å². The van der Waals surface area contributed by atoms with Gasteiger partial charge in [-0.25, -0.2) is 4.79 Å². The second-order valence-electron chi connectivity index (χ2n) is 7.93. The summed E-state index contributed by atoms with van der Waals surface area (Å²) >= 11 is 0. The molecule has 4 rings (SSSR count). The fraction of sp³-hybridized carbons (Fsp3) is 0.200. The van der Waals surface area contributed by atoms with Crippen LogP contribution >= 0.6 is 0 Å². The molecule has 1 aromatic heterocycles. The van der Waals surface area contributed by atoms with Crippen molar-refractivity contribution in [1.82, 2.24) is 14.7 Å². The zero-order valence-corrected chi connectivity index (χ0v) is 18.4. The predicted molar refractivity (Wildman–Crippen MR) is 125 cm³/mol. The molecular weight excluding hydrogens is 445 g/mol. The molecule has 0 bridgehead atoms. The van der Waals surface area contributed by atoms with Gasteiger partial charge in [-0.2, -0.15) is 13.2 Å². The highest BCUT2D eigenvalue weighted by molar-refractivity contribution is 5.92. The second kappa shape index (κ2) is 9.46. The molecule has 0 spiro atoms. The number of nitrogens with zero attached hydrogens (tertiary/aromatic N) is 2. The van der Waals surface area contributed by atoms with Crippen molar-refractivity contribution in [3.05, 3.63) is 99.8 Å². The Kier molecular flexibility index (Phi) is 6.45. The van der Waals surface area contributed by atoms with Crippen molar-refractivity contribution in [2.24, 2.45) is 7.05 Å². The average Bonchev–Trinajstić information content (AvgIpc) is 3.04. The van der Waals surface area contributed by atoms with E-state index in [1.54, 1.807) is 36.0 Å². The van der Waals surface area contributed by atoms with Gasteiger partial charge >= 0.3 is 12.2 Å². The highest BCUT2D eigenvalue weighted by Crippen LogP contribution is 2.30. The number of carbonyl (C=O) groups excluding carboxylic acids is 1. The fourth-order valence-electron chi connectivity index (χ4n) is 3.81. The Balaban J connectivity index is 1.49. The lowest BCUT2D eigenvalue weighted by atomic mass is 10.1. The topological polar surface area (TPSA) is 68.1 Å². The SMILES string of the molecule is Cn1c(=O)c2cc(NC(=O)NCCc3ccccc3)ccc2n1Cc1cccc(C(F)(F)F)c1. The number of fused-ring (bicyclic) bond motifs is 1. The number of benzene rings is 3. The van der Waals surface area contributed by atoms with E-state index < -0.39 is 17.8 Å². The molecular formula is C25H23F3N4O2. The number of hydrogen-bond donors (Lipinski definition) is 2. The maximum absolute atomic E-state index is 13.1. The van der Waals surface area contributed by atoms with Crippen LogP contribution in [0.5, 0.6) is 0 Å². The minimum atomic E-state index is -4.44. The van der Waals surface area contributed by atoms with Gasteiger partial charge in [0.15, 0.2) is 0 Å².